The Balaban J connectivity index is 2.47. The van der Waals surface area contributed by atoms with Crippen molar-refractivity contribution in [3.05, 3.63) is 35.9 Å². The molecule has 7 heteroatoms. The summed E-state index contributed by atoms with van der Waals surface area (Å²) in [6.07, 6.45) is -0.0524. The minimum atomic E-state index is -0.654. The highest BCUT2D eigenvalue weighted by Gasteiger charge is 2.24. The van der Waals surface area contributed by atoms with E-state index in [1.165, 1.54) is 16.7 Å². The highest BCUT2D eigenvalue weighted by atomic mass is 16.5. The largest absolute Gasteiger partial charge is 0.494 e. The van der Waals surface area contributed by atoms with Crippen molar-refractivity contribution >= 4 is 5.97 Å². The Morgan fingerprint density at radius 1 is 0.962 bits per heavy atom. The van der Waals surface area contributed by atoms with Gasteiger partial charge >= 0.3 is 5.97 Å². The van der Waals surface area contributed by atoms with Gasteiger partial charge in [-0.25, -0.2) is 0 Å². The number of carbonyl (C=O) groups is 1. The number of ether oxygens (including phenoxy) is 3. The van der Waals surface area contributed by atoms with Crippen molar-refractivity contribution in [3.63, 3.8) is 0 Å². The monoisotopic (exact) mass is 363 g/mol. The number of carbonyl (C=O) groups excluding carboxylic acids is 1. The highest BCUT2D eigenvalue weighted by Crippen LogP contribution is 2.37. The Bertz CT molecular complexity index is 720. The molecule has 142 valence electrons. The number of nitrogens with zero attached hydrogens (tertiary/aromatic N) is 1. The maximum Gasteiger partial charge on any atom is 0.308 e. The van der Waals surface area contributed by atoms with Crippen LogP contribution in [0.25, 0.3) is 0 Å². The van der Waals surface area contributed by atoms with Crippen molar-refractivity contribution < 1.29 is 29.2 Å². The lowest BCUT2D eigenvalue weighted by molar-refractivity contribution is -0.143. The zero-order valence-corrected chi connectivity index (χ0v) is 15.3. The minimum Gasteiger partial charge on any atom is -0.494 e. The second-order valence-electron chi connectivity index (χ2n) is 5.52. The van der Waals surface area contributed by atoms with E-state index in [0.717, 1.165) is 0 Å². The Morgan fingerprint density at radius 2 is 1.58 bits per heavy atom. The molecule has 2 rings (SSSR count). The molecular weight excluding hydrogens is 338 g/mol. The third-order valence-electron chi connectivity index (χ3n) is 3.80. The number of aromatic nitrogens is 1. The molecule has 26 heavy (non-hydrogen) atoms. The molecule has 1 atom stereocenters. The van der Waals surface area contributed by atoms with Gasteiger partial charge in [-0.15, -0.1) is 0 Å². The minimum absolute atomic E-state index is 0.0524. The second kappa shape index (κ2) is 9.03. The first kappa shape index (κ1) is 19.5. The molecule has 0 aliphatic heterocycles. The van der Waals surface area contributed by atoms with Crippen molar-refractivity contribution in [3.8, 4) is 23.3 Å². The van der Waals surface area contributed by atoms with Gasteiger partial charge in [0, 0.05) is 12.1 Å². The number of rotatable bonds is 9. The molecule has 0 fully saturated rings. The van der Waals surface area contributed by atoms with Crippen molar-refractivity contribution in [2.45, 2.75) is 33.2 Å². The topological polar surface area (TPSA) is 90.2 Å². The van der Waals surface area contributed by atoms with Crippen LogP contribution in [0.4, 0.5) is 0 Å². The molecule has 2 aromatic rings. The Hall–Kier alpha value is -2.83. The summed E-state index contributed by atoms with van der Waals surface area (Å²) < 4.78 is 17.5. The summed E-state index contributed by atoms with van der Waals surface area (Å²) in [4.78, 5) is 12.1. The van der Waals surface area contributed by atoms with Gasteiger partial charge < -0.3 is 24.4 Å². The smallest absolute Gasteiger partial charge is 0.308 e. The summed E-state index contributed by atoms with van der Waals surface area (Å²) in [5.74, 6) is 0.393. The van der Waals surface area contributed by atoms with Crippen LogP contribution in [-0.2, 0) is 9.53 Å². The molecular formula is C19H25NO6. The lowest BCUT2D eigenvalue weighted by Crippen LogP contribution is -2.17. The van der Waals surface area contributed by atoms with E-state index in [1.807, 2.05) is 13.8 Å². The molecule has 1 aromatic heterocycles. The summed E-state index contributed by atoms with van der Waals surface area (Å²) in [6, 6.07) is 7.35. The van der Waals surface area contributed by atoms with E-state index in [0.29, 0.717) is 30.3 Å². The van der Waals surface area contributed by atoms with Gasteiger partial charge in [-0.2, -0.15) is 0 Å². The van der Waals surface area contributed by atoms with Crippen LogP contribution in [0.15, 0.2) is 30.3 Å². The van der Waals surface area contributed by atoms with Gasteiger partial charge in [0.15, 0.2) is 23.3 Å². The van der Waals surface area contributed by atoms with Crippen LogP contribution in [0, 0.1) is 0 Å². The van der Waals surface area contributed by atoms with Gasteiger partial charge in [-0.05, 0) is 38.5 Å². The fourth-order valence-corrected chi connectivity index (χ4v) is 2.76. The number of hydrogen-bond donors (Lipinski definition) is 2. The second-order valence-corrected chi connectivity index (χ2v) is 5.52. The third kappa shape index (κ3) is 4.41. The molecule has 0 amide bonds. The molecule has 0 radical (unpaired) electrons. The highest BCUT2D eigenvalue weighted by molar-refractivity contribution is 5.70. The van der Waals surface area contributed by atoms with Crippen molar-refractivity contribution in [2.75, 3.05) is 19.8 Å². The molecule has 0 saturated heterocycles. The van der Waals surface area contributed by atoms with Gasteiger partial charge in [0.05, 0.1) is 32.3 Å². The average Bonchev–Trinajstić information content (AvgIpc) is 2.94. The fraction of sp³-hybridized carbons (Fsp3) is 0.421. The van der Waals surface area contributed by atoms with Crippen LogP contribution in [0.2, 0.25) is 0 Å². The van der Waals surface area contributed by atoms with Crippen molar-refractivity contribution in [1.82, 2.24) is 4.57 Å². The van der Waals surface area contributed by atoms with E-state index in [1.54, 1.807) is 25.1 Å². The van der Waals surface area contributed by atoms with Crippen LogP contribution in [0.5, 0.6) is 23.3 Å². The molecule has 0 saturated carbocycles. The van der Waals surface area contributed by atoms with E-state index >= 15 is 0 Å². The molecule has 0 spiro atoms. The van der Waals surface area contributed by atoms with Crippen LogP contribution in [0.3, 0.4) is 0 Å². The number of hydrogen-bond acceptors (Lipinski definition) is 6. The molecule has 1 aromatic carbocycles. The Morgan fingerprint density at radius 3 is 2.15 bits per heavy atom. The molecule has 1 heterocycles. The van der Waals surface area contributed by atoms with E-state index in [2.05, 4.69) is 0 Å². The Kier molecular flexibility index (Phi) is 6.77. The van der Waals surface area contributed by atoms with Crippen LogP contribution in [-0.4, -0.2) is 40.6 Å². The van der Waals surface area contributed by atoms with Crippen LogP contribution in [0.1, 0.15) is 38.8 Å². The molecule has 1 unspecified atom stereocenters. The average molecular weight is 363 g/mol. The van der Waals surface area contributed by atoms with Gasteiger partial charge in [0.25, 0.3) is 0 Å². The van der Waals surface area contributed by atoms with E-state index in [9.17, 15) is 15.0 Å². The quantitative estimate of drug-likeness (QED) is 0.665. The molecule has 0 bridgehead atoms. The third-order valence-corrected chi connectivity index (χ3v) is 3.80. The van der Waals surface area contributed by atoms with E-state index in [-0.39, 0.29) is 24.8 Å². The van der Waals surface area contributed by atoms with E-state index in [4.69, 9.17) is 14.2 Å². The first-order valence-corrected chi connectivity index (χ1v) is 8.66. The predicted octanol–water partition coefficient (Wildman–Crippen LogP) is 3.24. The maximum absolute atomic E-state index is 12.1. The van der Waals surface area contributed by atoms with Crippen molar-refractivity contribution in [1.29, 1.82) is 0 Å². The van der Waals surface area contributed by atoms with E-state index < -0.39 is 12.0 Å². The van der Waals surface area contributed by atoms with Crippen LogP contribution >= 0.6 is 0 Å². The SMILES string of the molecule is CCOC(=O)CC(c1ccc(OCC)c(OCC)c1)n1c(O)ccc1O. The summed E-state index contributed by atoms with van der Waals surface area (Å²) in [6.45, 7) is 6.66. The lowest BCUT2D eigenvalue weighted by Gasteiger charge is -2.22. The molecule has 7 nitrogen and oxygen atoms in total. The summed E-state index contributed by atoms with van der Waals surface area (Å²) in [5.41, 5.74) is 0.673. The maximum atomic E-state index is 12.1. The Labute approximate surface area is 152 Å². The first-order valence-electron chi connectivity index (χ1n) is 8.66. The van der Waals surface area contributed by atoms with Gasteiger partial charge in [0.1, 0.15) is 0 Å². The van der Waals surface area contributed by atoms with Gasteiger partial charge in [0.2, 0.25) is 0 Å². The van der Waals surface area contributed by atoms with Gasteiger partial charge in [-0.3, -0.25) is 9.36 Å². The van der Waals surface area contributed by atoms with Crippen molar-refractivity contribution in [2.24, 2.45) is 0 Å². The molecule has 0 aliphatic rings. The zero-order valence-electron chi connectivity index (χ0n) is 15.3. The van der Waals surface area contributed by atoms with Crippen LogP contribution < -0.4 is 9.47 Å². The predicted molar refractivity (Wildman–Crippen MR) is 95.9 cm³/mol. The lowest BCUT2D eigenvalue weighted by atomic mass is 10.0. The van der Waals surface area contributed by atoms with Gasteiger partial charge in [-0.1, -0.05) is 6.07 Å². The summed E-state index contributed by atoms with van der Waals surface area (Å²) >= 11 is 0. The fourth-order valence-electron chi connectivity index (χ4n) is 2.76. The molecule has 2 N–H and O–H groups in total. The standard InChI is InChI=1S/C19H25NO6/c1-4-24-15-8-7-13(11-16(15)25-5-2)14(12-19(23)26-6-3)20-17(21)9-10-18(20)22/h7-11,14,21-22H,4-6,12H2,1-3H3. The summed E-state index contributed by atoms with van der Waals surface area (Å²) in [7, 11) is 0. The first-order chi connectivity index (χ1) is 12.5. The zero-order chi connectivity index (χ0) is 19.1. The number of benzene rings is 1. The molecule has 0 aliphatic carbocycles. The normalized spacial score (nSPS) is 11.8. The summed E-state index contributed by atoms with van der Waals surface area (Å²) in [5, 5.41) is 20.2. The number of aromatic hydroxyl groups is 2. The number of esters is 1.